The van der Waals surface area contributed by atoms with Crippen LogP contribution in [0.15, 0.2) is 60.7 Å². The minimum atomic E-state index is -0.909. The van der Waals surface area contributed by atoms with Crippen molar-refractivity contribution in [3.63, 3.8) is 0 Å². The van der Waals surface area contributed by atoms with Crippen LogP contribution in [0.4, 0.5) is 11.4 Å². The van der Waals surface area contributed by atoms with E-state index in [4.69, 9.17) is 21.1 Å². The number of fused-ring (bicyclic) bond motifs is 1. The second kappa shape index (κ2) is 14.6. The Hall–Kier alpha value is -3.75. The first-order valence-electron chi connectivity index (χ1n) is 16.6. The molecule has 3 aromatic carbocycles. The lowest BCUT2D eigenvalue weighted by atomic mass is 9.81. The molecule has 9 heteroatoms. The fraction of sp³-hybridized carbons (Fsp3) is 0.474. The van der Waals surface area contributed by atoms with E-state index >= 15 is 0 Å². The lowest BCUT2D eigenvalue weighted by molar-refractivity contribution is -0.127. The summed E-state index contributed by atoms with van der Waals surface area (Å²) < 4.78 is 11.8. The Morgan fingerprint density at radius 3 is 2.30 bits per heavy atom. The molecule has 2 amide bonds. The molecule has 47 heavy (non-hydrogen) atoms. The molecule has 5 rings (SSSR count). The molecule has 0 radical (unpaired) electrons. The molecule has 0 spiro atoms. The Bertz CT molecular complexity index is 1540. The molecule has 1 atom stereocenters. The lowest BCUT2D eigenvalue weighted by Crippen LogP contribution is -2.42. The van der Waals surface area contributed by atoms with Crippen LogP contribution in [0.5, 0.6) is 11.5 Å². The van der Waals surface area contributed by atoms with E-state index in [9.17, 15) is 14.7 Å². The van der Waals surface area contributed by atoms with Gasteiger partial charge in [-0.05, 0) is 125 Å². The molecule has 1 fully saturated rings. The van der Waals surface area contributed by atoms with Gasteiger partial charge in [-0.25, -0.2) is 0 Å². The van der Waals surface area contributed by atoms with Crippen molar-refractivity contribution in [1.82, 2.24) is 5.32 Å². The van der Waals surface area contributed by atoms with Gasteiger partial charge in [-0.15, -0.1) is 0 Å². The van der Waals surface area contributed by atoms with E-state index in [1.807, 2.05) is 67.3 Å². The number of carbonyl (C=O) groups is 2. The largest absolute Gasteiger partial charge is 0.493 e. The van der Waals surface area contributed by atoms with Gasteiger partial charge in [-0.3, -0.25) is 9.59 Å². The van der Waals surface area contributed by atoms with Crippen molar-refractivity contribution in [3.8, 4) is 11.5 Å². The molecule has 0 aromatic heterocycles. The highest BCUT2D eigenvalue weighted by atomic mass is 35.5. The van der Waals surface area contributed by atoms with Crippen molar-refractivity contribution in [1.29, 1.82) is 0 Å². The second-order valence-corrected chi connectivity index (χ2v) is 14.3. The minimum absolute atomic E-state index is 0.00137. The van der Waals surface area contributed by atoms with Crippen molar-refractivity contribution in [2.45, 2.75) is 77.5 Å². The summed E-state index contributed by atoms with van der Waals surface area (Å²) in [5.74, 6) is 1.81. The predicted molar refractivity (Wildman–Crippen MR) is 188 cm³/mol. The number of nitrogens with one attached hydrogen (secondary N) is 1. The summed E-state index contributed by atoms with van der Waals surface area (Å²) in [5, 5.41) is 13.5. The molecular weight excluding hydrogens is 614 g/mol. The number of aliphatic hydroxyl groups is 1. The molecule has 1 saturated carbocycles. The van der Waals surface area contributed by atoms with Gasteiger partial charge >= 0.3 is 0 Å². The summed E-state index contributed by atoms with van der Waals surface area (Å²) in [4.78, 5) is 30.6. The highest BCUT2D eigenvalue weighted by Crippen LogP contribution is 2.44. The lowest BCUT2D eigenvalue weighted by Gasteiger charge is -2.38. The van der Waals surface area contributed by atoms with Crippen LogP contribution in [-0.2, 0) is 16.0 Å². The van der Waals surface area contributed by atoms with Gasteiger partial charge in [0.1, 0.15) is 0 Å². The number of hydrogen-bond acceptors (Lipinski definition) is 6. The van der Waals surface area contributed by atoms with Gasteiger partial charge in [0.2, 0.25) is 11.8 Å². The van der Waals surface area contributed by atoms with Crippen molar-refractivity contribution in [2.75, 3.05) is 37.0 Å². The Balaban J connectivity index is 1.33. The molecule has 0 unspecified atom stereocenters. The molecule has 2 aliphatic rings. The summed E-state index contributed by atoms with van der Waals surface area (Å²) in [6, 6.07) is 19.4. The van der Waals surface area contributed by atoms with E-state index in [1.165, 1.54) is 0 Å². The third-order valence-electron chi connectivity index (χ3n) is 9.15. The van der Waals surface area contributed by atoms with E-state index in [-0.39, 0.29) is 42.8 Å². The molecule has 3 aromatic rings. The van der Waals surface area contributed by atoms with Crippen LogP contribution in [0, 0.1) is 11.8 Å². The van der Waals surface area contributed by atoms with Gasteiger partial charge in [0.25, 0.3) is 0 Å². The van der Waals surface area contributed by atoms with Crippen LogP contribution in [0.25, 0.3) is 0 Å². The predicted octanol–water partition coefficient (Wildman–Crippen LogP) is 6.94. The molecule has 1 aliphatic heterocycles. The fourth-order valence-electron chi connectivity index (χ4n) is 6.74. The first-order valence-corrected chi connectivity index (χ1v) is 17.0. The summed E-state index contributed by atoms with van der Waals surface area (Å²) in [5.41, 5.74) is 3.85. The molecule has 1 heterocycles. The average Bonchev–Trinajstić information content (AvgIpc) is 3.03. The molecular formula is C38H48ClN3O5. The third-order valence-corrected chi connectivity index (χ3v) is 9.40. The number of hydrogen-bond donors (Lipinski definition) is 2. The Kier molecular flexibility index (Phi) is 10.7. The smallest absolute Gasteiger partial charge is 0.232 e. The van der Waals surface area contributed by atoms with E-state index in [1.54, 1.807) is 21.0 Å². The van der Waals surface area contributed by atoms with Crippen molar-refractivity contribution < 1.29 is 24.2 Å². The highest BCUT2D eigenvalue weighted by Gasteiger charge is 2.36. The van der Waals surface area contributed by atoms with Crippen molar-refractivity contribution in [2.24, 2.45) is 11.8 Å². The summed E-state index contributed by atoms with van der Waals surface area (Å²) in [7, 11) is 3.71. The SMILES string of the molecule is COc1cc2c(cc1OC(C)C)[C@H](c1ccc(Cl)cc1)N(c1ccc(N(C)C[C@H]3CC[C@H](C(=O)NCC(C)(C)O)CC3)cc1)C(=O)C2. The first kappa shape index (κ1) is 34.6. The average molecular weight is 662 g/mol. The highest BCUT2D eigenvalue weighted by molar-refractivity contribution is 6.30. The zero-order valence-corrected chi connectivity index (χ0v) is 29.1. The van der Waals surface area contributed by atoms with Gasteiger partial charge in [0.05, 0.1) is 31.3 Å². The van der Waals surface area contributed by atoms with Crippen LogP contribution in [0.3, 0.4) is 0 Å². The fourth-order valence-corrected chi connectivity index (χ4v) is 6.87. The van der Waals surface area contributed by atoms with E-state index < -0.39 is 5.60 Å². The molecule has 0 bridgehead atoms. The maximum atomic E-state index is 13.9. The van der Waals surface area contributed by atoms with Gasteiger partial charge in [-0.1, -0.05) is 23.7 Å². The third kappa shape index (κ3) is 8.40. The maximum absolute atomic E-state index is 13.9. The van der Waals surface area contributed by atoms with E-state index in [2.05, 4.69) is 29.4 Å². The Labute approximate surface area is 284 Å². The van der Waals surface area contributed by atoms with Crippen LogP contribution in [-0.4, -0.2) is 55.9 Å². The number of halogens is 1. The van der Waals surface area contributed by atoms with Gasteiger partial charge in [0.15, 0.2) is 11.5 Å². The van der Waals surface area contributed by atoms with Crippen LogP contribution >= 0.6 is 11.6 Å². The number of methoxy groups -OCH3 is 1. The zero-order valence-electron chi connectivity index (χ0n) is 28.4. The standard InChI is InChI=1S/C38H48ClN3O5/c1-24(2)47-34-21-32-28(19-33(34)46-6)20-35(43)42(36(32)26-11-13-29(39)14-12-26)31-17-15-30(16-18-31)41(5)22-25-7-9-27(10-8-25)37(44)40-23-38(3,4)45/h11-19,21,24-25,27,36,45H,7-10,20,22-23H2,1-6H3,(H,40,44)/t25-,27-,36-/m0/s1. The first-order chi connectivity index (χ1) is 22.3. The van der Waals surface area contributed by atoms with Gasteiger partial charge < -0.3 is 29.7 Å². The summed E-state index contributed by atoms with van der Waals surface area (Å²) in [6.07, 6.45) is 3.89. The summed E-state index contributed by atoms with van der Waals surface area (Å²) in [6.45, 7) is 8.52. The molecule has 252 valence electrons. The van der Waals surface area contributed by atoms with Crippen molar-refractivity contribution >= 4 is 34.8 Å². The molecule has 2 N–H and O–H groups in total. The van der Waals surface area contributed by atoms with Crippen molar-refractivity contribution in [3.05, 3.63) is 82.4 Å². The zero-order chi connectivity index (χ0) is 33.9. The second-order valence-electron chi connectivity index (χ2n) is 13.9. The van der Waals surface area contributed by atoms with Crippen LogP contribution in [0.2, 0.25) is 5.02 Å². The molecule has 0 saturated heterocycles. The maximum Gasteiger partial charge on any atom is 0.232 e. The number of amides is 2. The number of rotatable bonds is 11. The number of anilines is 2. The van der Waals surface area contributed by atoms with Crippen LogP contribution < -0.4 is 24.6 Å². The monoisotopic (exact) mass is 661 g/mol. The number of nitrogens with zero attached hydrogens (tertiary/aromatic N) is 2. The Morgan fingerprint density at radius 1 is 1.04 bits per heavy atom. The van der Waals surface area contributed by atoms with E-state index in [0.29, 0.717) is 22.4 Å². The number of benzene rings is 3. The normalized spacial score (nSPS) is 19.7. The van der Waals surface area contributed by atoms with Crippen LogP contribution in [0.1, 0.15) is 76.1 Å². The summed E-state index contributed by atoms with van der Waals surface area (Å²) >= 11 is 6.27. The molecule has 1 aliphatic carbocycles. The van der Waals surface area contributed by atoms with E-state index in [0.717, 1.165) is 60.3 Å². The molecule has 8 nitrogen and oxygen atoms in total. The quantitative estimate of drug-likeness (QED) is 0.231. The minimum Gasteiger partial charge on any atom is -0.493 e. The van der Waals surface area contributed by atoms with Gasteiger partial charge in [-0.2, -0.15) is 0 Å². The van der Waals surface area contributed by atoms with Gasteiger partial charge in [0, 0.05) is 42.5 Å². The number of carbonyl (C=O) groups excluding carboxylic acids is 2. The topological polar surface area (TPSA) is 91.3 Å². The number of ether oxygens (including phenoxy) is 2. The Morgan fingerprint density at radius 2 is 1.70 bits per heavy atom.